The topological polar surface area (TPSA) is 37.8 Å². The van der Waals surface area contributed by atoms with E-state index in [1.807, 2.05) is 11.6 Å². The molecule has 0 aliphatic carbocycles. The van der Waals surface area contributed by atoms with Crippen LogP contribution >= 0.6 is 22.7 Å². The molecule has 1 aromatic carbocycles. The van der Waals surface area contributed by atoms with Crippen LogP contribution in [0.15, 0.2) is 29.8 Å². The number of rotatable bonds is 4. The predicted octanol–water partition coefficient (Wildman–Crippen LogP) is 3.91. The van der Waals surface area contributed by atoms with Crippen LogP contribution in [0.4, 0.5) is 0 Å². The van der Waals surface area contributed by atoms with Crippen molar-refractivity contribution in [3.63, 3.8) is 0 Å². The molecule has 0 radical (unpaired) electrons. The summed E-state index contributed by atoms with van der Waals surface area (Å²) in [6.07, 6.45) is 0. The Morgan fingerprint density at radius 3 is 2.89 bits per heavy atom. The maximum absolute atomic E-state index is 4.63. The number of aryl methyl sites for hydroxylation is 1. The third-order valence-electron chi connectivity index (χ3n) is 3.07. The summed E-state index contributed by atoms with van der Waals surface area (Å²) in [6.45, 7) is 5.04. The molecule has 2 heterocycles. The van der Waals surface area contributed by atoms with Gasteiger partial charge in [0.15, 0.2) is 0 Å². The standard InChI is InChI=1S/C14H15N3S2/c1-9(14-10(2)16-8-18-14)15-7-13-17-11-5-3-4-6-12(11)19-13/h3-6,8-9,15H,7H2,1-2H3. The van der Waals surface area contributed by atoms with Crippen LogP contribution in [0, 0.1) is 6.92 Å². The van der Waals surface area contributed by atoms with Crippen molar-refractivity contribution in [3.05, 3.63) is 45.4 Å². The lowest BCUT2D eigenvalue weighted by molar-refractivity contribution is 0.578. The van der Waals surface area contributed by atoms with E-state index in [9.17, 15) is 0 Å². The zero-order valence-corrected chi connectivity index (χ0v) is 12.5. The molecule has 0 saturated heterocycles. The average molecular weight is 289 g/mol. The zero-order valence-electron chi connectivity index (χ0n) is 10.9. The molecule has 1 unspecified atom stereocenters. The number of benzene rings is 1. The highest BCUT2D eigenvalue weighted by Crippen LogP contribution is 2.24. The summed E-state index contributed by atoms with van der Waals surface area (Å²) in [4.78, 5) is 10.2. The summed E-state index contributed by atoms with van der Waals surface area (Å²) < 4.78 is 1.25. The van der Waals surface area contributed by atoms with Gasteiger partial charge in [-0.2, -0.15) is 0 Å². The van der Waals surface area contributed by atoms with Crippen LogP contribution in [0.1, 0.15) is 28.5 Å². The molecule has 19 heavy (non-hydrogen) atoms. The Kier molecular flexibility index (Phi) is 3.59. The molecule has 3 nitrogen and oxygen atoms in total. The normalized spacial score (nSPS) is 12.9. The number of nitrogens with zero attached hydrogens (tertiary/aromatic N) is 2. The first-order valence-electron chi connectivity index (χ1n) is 6.22. The molecule has 0 aliphatic rings. The van der Waals surface area contributed by atoms with Crippen LogP contribution in [-0.4, -0.2) is 9.97 Å². The maximum Gasteiger partial charge on any atom is 0.108 e. The summed E-state index contributed by atoms with van der Waals surface area (Å²) in [5.41, 5.74) is 4.11. The molecule has 98 valence electrons. The van der Waals surface area contributed by atoms with E-state index in [0.29, 0.717) is 6.04 Å². The van der Waals surface area contributed by atoms with Crippen molar-refractivity contribution in [1.29, 1.82) is 0 Å². The van der Waals surface area contributed by atoms with Gasteiger partial charge in [0.25, 0.3) is 0 Å². The molecule has 3 rings (SSSR count). The van der Waals surface area contributed by atoms with E-state index in [1.54, 1.807) is 22.7 Å². The van der Waals surface area contributed by atoms with Crippen molar-refractivity contribution in [2.45, 2.75) is 26.4 Å². The number of hydrogen-bond donors (Lipinski definition) is 1. The Balaban J connectivity index is 1.70. The van der Waals surface area contributed by atoms with Crippen LogP contribution in [0.3, 0.4) is 0 Å². The fraction of sp³-hybridized carbons (Fsp3) is 0.286. The third-order valence-corrected chi connectivity index (χ3v) is 5.22. The summed E-state index contributed by atoms with van der Waals surface area (Å²) in [7, 11) is 0. The Bertz CT molecular complexity index is 654. The van der Waals surface area contributed by atoms with Gasteiger partial charge in [0.05, 0.1) is 21.4 Å². The van der Waals surface area contributed by atoms with Crippen molar-refractivity contribution >= 4 is 32.9 Å². The van der Waals surface area contributed by atoms with E-state index < -0.39 is 0 Å². The van der Waals surface area contributed by atoms with E-state index in [4.69, 9.17) is 0 Å². The van der Waals surface area contributed by atoms with Gasteiger partial charge in [-0.3, -0.25) is 0 Å². The Morgan fingerprint density at radius 1 is 1.32 bits per heavy atom. The molecule has 0 aliphatic heterocycles. The van der Waals surface area contributed by atoms with E-state index >= 15 is 0 Å². The van der Waals surface area contributed by atoms with Gasteiger partial charge in [-0.25, -0.2) is 9.97 Å². The predicted molar refractivity (Wildman–Crippen MR) is 81.7 cm³/mol. The van der Waals surface area contributed by atoms with Crippen molar-refractivity contribution in [3.8, 4) is 0 Å². The quantitative estimate of drug-likeness (QED) is 0.791. The molecule has 5 heteroatoms. The largest absolute Gasteiger partial charge is 0.303 e. The number of thiazole rings is 2. The monoisotopic (exact) mass is 289 g/mol. The van der Waals surface area contributed by atoms with E-state index in [1.165, 1.54) is 9.58 Å². The van der Waals surface area contributed by atoms with Crippen LogP contribution < -0.4 is 5.32 Å². The summed E-state index contributed by atoms with van der Waals surface area (Å²) >= 11 is 3.46. The lowest BCUT2D eigenvalue weighted by Gasteiger charge is -2.11. The van der Waals surface area contributed by atoms with Crippen molar-refractivity contribution in [2.75, 3.05) is 0 Å². The second-order valence-corrected chi connectivity index (χ2v) is 6.48. The lowest BCUT2D eigenvalue weighted by Crippen LogP contribution is -2.17. The van der Waals surface area contributed by atoms with Crippen LogP contribution in [0.25, 0.3) is 10.2 Å². The van der Waals surface area contributed by atoms with Crippen molar-refractivity contribution < 1.29 is 0 Å². The molecule has 0 fully saturated rings. The highest BCUT2D eigenvalue weighted by molar-refractivity contribution is 7.18. The summed E-state index contributed by atoms with van der Waals surface area (Å²) in [5.74, 6) is 0. The number of fused-ring (bicyclic) bond motifs is 1. The second kappa shape index (κ2) is 5.36. The van der Waals surface area contributed by atoms with Gasteiger partial charge in [-0.05, 0) is 26.0 Å². The summed E-state index contributed by atoms with van der Waals surface area (Å²) in [5, 5.41) is 4.66. The Hall–Kier alpha value is -1.30. The SMILES string of the molecule is Cc1ncsc1C(C)NCc1nc2ccccc2s1. The molecule has 1 atom stereocenters. The fourth-order valence-electron chi connectivity index (χ4n) is 2.06. The first-order chi connectivity index (χ1) is 9.24. The summed E-state index contributed by atoms with van der Waals surface area (Å²) in [6, 6.07) is 8.59. The number of hydrogen-bond acceptors (Lipinski definition) is 5. The minimum atomic E-state index is 0.319. The van der Waals surface area contributed by atoms with Gasteiger partial charge in [-0.15, -0.1) is 22.7 Å². The minimum Gasteiger partial charge on any atom is -0.303 e. The van der Waals surface area contributed by atoms with Gasteiger partial charge in [0.2, 0.25) is 0 Å². The first kappa shape index (κ1) is 12.7. The first-order valence-corrected chi connectivity index (χ1v) is 7.91. The molecule has 3 aromatic rings. The van der Waals surface area contributed by atoms with Gasteiger partial charge < -0.3 is 5.32 Å². The van der Waals surface area contributed by atoms with Gasteiger partial charge in [0, 0.05) is 17.5 Å². The third kappa shape index (κ3) is 2.68. The number of aromatic nitrogens is 2. The maximum atomic E-state index is 4.63. The molecule has 0 spiro atoms. The van der Waals surface area contributed by atoms with Gasteiger partial charge in [-0.1, -0.05) is 12.1 Å². The number of para-hydroxylation sites is 1. The highest BCUT2D eigenvalue weighted by atomic mass is 32.1. The average Bonchev–Trinajstić information content (AvgIpc) is 3.01. The smallest absolute Gasteiger partial charge is 0.108 e. The van der Waals surface area contributed by atoms with Gasteiger partial charge in [0.1, 0.15) is 5.01 Å². The van der Waals surface area contributed by atoms with Crippen molar-refractivity contribution in [1.82, 2.24) is 15.3 Å². The van der Waals surface area contributed by atoms with Crippen LogP contribution in [0.5, 0.6) is 0 Å². The number of nitrogens with one attached hydrogen (secondary N) is 1. The molecule has 0 saturated carbocycles. The Labute approximate surface area is 120 Å². The Morgan fingerprint density at radius 2 is 2.16 bits per heavy atom. The molecule has 1 N–H and O–H groups in total. The van der Waals surface area contributed by atoms with Gasteiger partial charge >= 0.3 is 0 Å². The lowest BCUT2D eigenvalue weighted by atomic mass is 10.2. The zero-order chi connectivity index (χ0) is 13.2. The highest BCUT2D eigenvalue weighted by Gasteiger charge is 2.11. The van der Waals surface area contributed by atoms with E-state index in [-0.39, 0.29) is 0 Å². The molecule has 0 amide bonds. The molecule has 0 bridgehead atoms. The molecule has 2 aromatic heterocycles. The van der Waals surface area contributed by atoms with E-state index in [0.717, 1.165) is 22.8 Å². The van der Waals surface area contributed by atoms with Crippen LogP contribution in [-0.2, 0) is 6.54 Å². The second-order valence-electron chi connectivity index (χ2n) is 4.48. The van der Waals surface area contributed by atoms with Crippen molar-refractivity contribution in [2.24, 2.45) is 0 Å². The van der Waals surface area contributed by atoms with Crippen LogP contribution in [0.2, 0.25) is 0 Å². The molecular weight excluding hydrogens is 274 g/mol. The molecular formula is C14H15N3S2. The van der Waals surface area contributed by atoms with E-state index in [2.05, 4.69) is 47.3 Å². The fourth-order valence-corrected chi connectivity index (χ4v) is 3.81. The minimum absolute atomic E-state index is 0.319.